The zero-order valence-corrected chi connectivity index (χ0v) is 9.63. The van der Waals surface area contributed by atoms with Crippen LogP contribution < -0.4 is 0 Å². The normalized spacial score (nSPS) is 28.4. The van der Waals surface area contributed by atoms with Crippen molar-refractivity contribution in [2.24, 2.45) is 0 Å². The van der Waals surface area contributed by atoms with Crippen molar-refractivity contribution in [2.45, 2.75) is 30.3 Å². The lowest BCUT2D eigenvalue weighted by Crippen LogP contribution is -2.30. The van der Waals surface area contributed by atoms with Crippen molar-refractivity contribution in [2.75, 3.05) is 11.5 Å². The van der Waals surface area contributed by atoms with Crippen molar-refractivity contribution in [3.63, 3.8) is 0 Å². The van der Waals surface area contributed by atoms with E-state index < -0.39 is 0 Å². The van der Waals surface area contributed by atoms with Gasteiger partial charge in [0.25, 0.3) is 0 Å². The SMILES string of the molecule is C=CCCC(=O)C1SCCSC1C. The Kier molecular flexibility index (Phi) is 4.96. The number of carbonyl (C=O) groups excluding carboxylic acids is 1. The van der Waals surface area contributed by atoms with Crippen molar-refractivity contribution in [3.8, 4) is 0 Å². The minimum absolute atomic E-state index is 0.235. The van der Waals surface area contributed by atoms with E-state index in [1.54, 1.807) is 0 Å². The van der Waals surface area contributed by atoms with Crippen LogP contribution in [0.2, 0.25) is 0 Å². The molecule has 1 fully saturated rings. The predicted octanol–water partition coefficient (Wildman–Crippen LogP) is 2.76. The predicted molar refractivity (Wildman–Crippen MR) is 62.6 cm³/mol. The molecular weight excluding hydrogens is 200 g/mol. The third-order valence-electron chi connectivity index (χ3n) is 2.10. The number of hydrogen-bond donors (Lipinski definition) is 0. The van der Waals surface area contributed by atoms with Gasteiger partial charge in [0.15, 0.2) is 0 Å². The highest BCUT2D eigenvalue weighted by Gasteiger charge is 2.27. The van der Waals surface area contributed by atoms with Crippen LogP contribution in [0.3, 0.4) is 0 Å². The number of carbonyl (C=O) groups is 1. The first-order valence-corrected chi connectivity index (χ1v) is 6.72. The summed E-state index contributed by atoms with van der Waals surface area (Å²) in [6, 6.07) is 0. The molecule has 0 bridgehead atoms. The number of allylic oxidation sites excluding steroid dienone is 1. The molecule has 0 N–H and O–H groups in total. The lowest BCUT2D eigenvalue weighted by Gasteiger charge is -2.26. The Labute approximate surface area is 88.7 Å². The molecular formula is C10H16OS2. The van der Waals surface area contributed by atoms with Gasteiger partial charge in [0.1, 0.15) is 5.78 Å². The van der Waals surface area contributed by atoms with Gasteiger partial charge in [-0.1, -0.05) is 13.0 Å². The Morgan fingerprint density at radius 1 is 1.54 bits per heavy atom. The van der Waals surface area contributed by atoms with Crippen LogP contribution in [0.4, 0.5) is 0 Å². The summed E-state index contributed by atoms with van der Waals surface area (Å²) in [5.74, 6) is 2.72. The van der Waals surface area contributed by atoms with E-state index in [1.165, 1.54) is 5.75 Å². The van der Waals surface area contributed by atoms with Crippen LogP contribution in [-0.4, -0.2) is 27.8 Å². The highest BCUT2D eigenvalue weighted by atomic mass is 32.2. The average molecular weight is 216 g/mol. The second-order valence-electron chi connectivity index (χ2n) is 3.16. The van der Waals surface area contributed by atoms with Gasteiger partial charge in [-0.05, 0) is 6.42 Å². The molecule has 1 rings (SSSR count). The number of Topliss-reactive ketones (excluding diaryl/α,β-unsaturated/α-hetero) is 1. The number of ketones is 1. The maximum atomic E-state index is 11.7. The van der Waals surface area contributed by atoms with Gasteiger partial charge in [-0.25, -0.2) is 0 Å². The van der Waals surface area contributed by atoms with E-state index >= 15 is 0 Å². The van der Waals surface area contributed by atoms with Gasteiger partial charge < -0.3 is 0 Å². The summed E-state index contributed by atoms with van der Waals surface area (Å²) in [5, 5.41) is 0.731. The molecule has 0 amide bonds. The van der Waals surface area contributed by atoms with Crippen LogP contribution >= 0.6 is 23.5 Å². The third-order valence-corrected chi connectivity index (χ3v) is 5.24. The van der Waals surface area contributed by atoms with Gasteiger partial charge in [0.05, 0.1) is 5.25 Å². The second kappa shape index (κ2) is 5.76. The molecule has 1 saturated heterocycles. The summed E-state index contributed by atoms with van der Waals surface area (Å²) in [4.78, 5) is 11.7. The monoisotopic (exact) mass is 216 g/mol. The van der Waals surface area contributed by atoms with Gasteiger partial charge >= 0.3 is 0 Å². The van der Waals surface area contributed by atoms with Gasteiger partial charge in [0.2, 0.25) is 0 Å². The van der Waals surface area contributed by atoms with E-state index in [1.807, 2.05) is 29.6 Å². The largest absolute Gasteiger partial charge is 0.298 e. The van der Waals surface area contributed by atoms with Gasteiger partial charge in [-0.15, -0.1) is 18.3 Å². The highest BCUT2D eigenvalue weighted by molar-refractivity contribution is 8.07. The molecule has 2 unspecified atom stereocenters. The Bertz CT molecular complexity index is 191. The maximum absolute atomic E-state index is 11.7. The second-order valence-corrected chi connectivity index (χ2v) is 5.90. The minimum Gasteiger partial charge on any atom is -0.298 e. The summed E-state index contributed by atoms with van der Waals surface area (Å²) in [5.41, 5.74) is 0. The van der Waals surface area contributed by atoms with Crippen molar-refractivity contribution in [1.82, 2.24) is 0 Å². The first-order chi connectivity index (χ1) is 6.25. The van der Waals surface area contributed by atoms with Crippen molar-refractivity contribution in [3.05, 3.63) is 12.7 Å². The molecule has 1 heterocycles. The summed E-state index contributed by atoms with van der Waals surface area (Å²) < 4.78 is 0. The number of rotatable bonds is 4. The minimum atomic E-state index is 0.235. The van der Waals surface area contributed by atoms with E-state index in [0.717, 1.165) is 12.2 Å². The molecule has 0 aromatic carbocycles. The number of hydrogen-bond acceptors (Lipinski definition) is 3. The van der Waals surface area contributed by atoms with Crippen LogP contribution in [0, 0.1) is 0 Å². The summed E-state index contributed by atoms with van der Waals surface area (Å²) >= 11 is 3.75. The van der Waals surface area contributed by atoms with E-state index in [2.05, 4.69) is 13.5 Å². The average Bonchev–Trinajstić information content (AvgIpc) is 2.15. The van der Waals surface area contributed by atoms with Crippen LogP contribution in [0.15, 0.2) is 12.7 Å². The van der Waals surface area contributed by atoms with Crippen molar-refractivity contribution < 1.29 is 4.79 Å². The van der Waals surface area contributed by atoms with E-state index in [0.29, 0.717) is 17.5 Å². The molecule has 1 aliphatic rings. The molecule has 1 aliphatic heterocycles. The molecule has 0 aromatic rings. The Morgan fingerprint density at radius 3 is 2.85 bits per heavy atom. The molecule has 1 nitrogen and oxygen atoms in total. The summed E-state index contributed by atoms with van der Waals surface area (Å²) in [6.45, 7) is 5.79. The van der Waals surface area contributed by atoms with Crippen molar-refractivity contribution in [1.29, 1.82) is 0 Å². The topological polar surface area (TPSA) is 17.1 Å². The van der Waals surface area contributed by atoms with Crippen LogP contribution in [0.25, 0.3) is 0 Å². The van der Waals surface area contributed by atoms with Crippen LogP contribution in [0.5, 0.6) is 0 Å². The Morgan fingerprint density at radius 2 is 2.23 bits per heavy atom. The fraction of sp³-hybridized carbons (Fsp3) is 0.700. The van der Waals surface area contributed by atoms with E-state index in [-0.39, 0.29) is 5.25 Å². The molecule has 0 spiro atoms. The smallest absolute Gasteiger partial charge is 0.147 e. The lowest BCUT2D eigenvalue weighted by atomic mass is 10.1. The highest BCUT2D eigenvalue weighted by Crippen LogP contribution is 2.32. The fourth-order valence-electron chi connectivity index (χ4n) is 1.37. The Balaban J connectivity index is 2.39. The first kappa shape index (κ1) is 11.2. The standard InChI is InChI=1S/C10H16OS2/c1-3-4-5-9(11)10-8(2)12-6-7-13-10/h3,8,10H,1,4-7H2,2H3. The third kappa shape index (κ3) is 3.39. The van der Waals surface area contributed by atoms with Gasteiger partial charge in [0, 0.05) is 23.2 Å². The zero-order chi connectivity index (χ0) is 9.68. The van der Waals surface area contributed by atoms with E-state index in [4.69, 9.17) is 0 Å². The molecule has 0 radical (unpaired) electrons. The molecule has 0 aromatic heterocycles. The Hall–Kier alpha value is 0.110. The van der Waals surface area contributed by atoms with E-state index in [9.17, 15) is 4.79 Å². The summed E-state index contributed by atoms with van der Waals surface area (Å²) in [6.07, 6.45) is 3.32. The fourth-order valence-corrected chi connectivity index (χ4v) is 4.14. The van der Waals surface area contributed by atoms with Crippen molar-refractivity contribution >= 4 is 29.3 Å². The molecule has 2 atom stereocenters. The van der Waals surface area contributed by atoms with Crippen LogP contribution in [0.1, 0.15) is 19.8 Å². The van der Waals surface area contributed by atoms with Gasteiger partial charge in [-0.2, -0.15) is 11.8 Å². The number of thioether (sulfide) groups is 2. The quantitative estimate of drug-likeness (QED) is 0.673. The molecule has 13 heavy (non-hydrogen) atoms. The van der Waals surface area contributed by atoms with Crippen LogP contribution in [-0.2, 0) is 4.79 Å². The molecule has 0 aliphatic carbocycles. The molecule has 0 saturated carbocycles. The molecule has 3 heteroatoms. The van der Waals surface area contributed by atoms with Gasteiger partial charge in [-0.3, -0.25) is 4.79 Å². The lowest BCUT2D eigenvalue weighted by molar-refractivity contribution is -0.118. The maximum Gasteiger partial charge on any atom is 0.147 e. The molecule has 74 valence electrons. The first-order valence-electron chi connectivity index (χ1n) is 4.62. The zero-order valence-electron chi connectivity index (χ0n) is 7.99. The summed E-state index contributed by atoms with van der Waals surface area (Å²) in [7, 11) is 0.